The first-order chi connectivity index (χ1) is 13.3. The van der Waals surface area contributed by atoms with Crippen LogP contribution in [0.15, 0.2) is 35.2 Å². The molecule has 0 aromatic heterocycles. The third kappa shape index (κ3) is 5.78. The van der Waals surface area contributed by atoms with E-state index in [1.807, 2.05) is 6.92 Å². The molecule has 2 rings (SSSR count). The molecule has 156 valence electrons. The highest BCUT2D eigenvalue weighted by molar-refractivity contribution is 7.89. The van der Waals surface area contributed by atoms with Gasteiger partial charge in [0.2, 0.25) is 15.9 Å². The number of sulfonamides is 1. The van der Waals surface area contributed by atoms with Crippen LogP contribution in [0.4, 0.5) is 0 Å². The first-order valence-corrected chi connectivity index (χ1v) is 11.3. The van der Waals surface area contributed by atoms with Crippen LogP contribution in [0.3, 0.4) is 0 Å². The average Bonchev–Trinajstić information content (AvgIpc) is 3.15. The minimum atomic E-state index is -3.61. The van der Waals surface area contributed by atoms with Crippen LogP contribution in [0.2, 0.25) is 0 Å². The van der Waals surface area contributed by atoms with Gasteiger partial charge in [0.05, 0.1) is 10.8 Å². The highest BCUT2D eigenvalue weighted by atomic mass is 32.2. The van der Waals surface area contributed by atoms with Crippen LogP contribution >= 0.6 is 0 Å². The molecule has 8 heteroatoms. The van der Waals surface area contributed by atoms with Gasteiger partial charge in [-0.15, -0.1) is 0 Å². The Morgan fingerprint density at radius 3 is 2.36 bits per heavy atom. The van der Waals surface area contributed by atoms with Crippen molar-refractivity contribution in [2.24, 2.45) is 11.3 Å². The molecule has 0 heterocycles. The molecule has 1 aliphatic carbocycles. The molecule has 7 nitrogen and oxygen atoms in total. The molecule has 1 amide bonds. The van der Waals surface area contributed by atoms with Gasteiger partial charge in [0, 0.05) is 18.5 Å². The third-order valence-corrected chi connectivity index (χ3v) is 6.90. The van der Waals surface area contributed by atoms with E-state index in [-0.39, 0.29) is 23.9 Å². The molecule has 3 N–H and O–H groups in total. The number of amides is 1. The Labute approximate surface area is 167 Å². The molecule has 1 aliphatic rings. The summed E-state index contributed by atoms with van der Waals surface area (Å²) in [6.45, 7) is 2.19. The Morgan fingerprint density at radius 2 is 1.79 bits per heavy atom. The molecule has 1 aromatic rings. The first kappa shape index (κ1) is 22.4. The van der Waals surface area contributed by atoms with Crippen molar-refractivity contribution in [1.82, 2.24) is 10.0 Å². The van der Waals surface area contributed by atoms with Crippen LogP contribution in [0, 0.1) is 11.3 Å². The van der Waals surface area contributed by atoms with Crippen LogP contribution in [-0.2, 0) is 19.6 Å². The van der Waals surface area contributed by atoms with E-state index >= 15 is 0 Å². The standard InChI is InChI=1S/C20H30N2O5S/c1-2-8-16(18(23)24)15-20(11-6-7-12-20)19(25)21-13-14-22-28(26,27)17-9-4-3-5-10-17/h3-5,9-10,16,22H,2,6-8,11-15H2,1H3,(H,21,25)(H,23,24). The fourth-order valence-corrected chi connectivity index (χ4v) is 4.99. The van der Waals surface area contributed by atoms with Gasteiger partial charge in [-0.2, -0.15) is 0 Å². The quantitative estimate of drug-likeness (QED) is 0.485. The van der Waals surface area contributed by atoms with Gasteiger partial charge in [-0.3, -0.25) is 9.59 Å². The molecule has 0 spiro atoms. The molecule has 0 radical (unpaired) electrons. The van der Waals surface area contributed by atoms with E-state index in [4.69, 9.17) is 0 Å². The highest BCUT2D eigenvalue weighted by Crippen LogP contribution is 2.44. The molecule has 1 unspecified atom stereocenters. The molecular weight excluding hydrogens is 380 g/mol. The number of aliphatic carboxylic acids is 1. The van der Waals surface area contributed by atoms with Gasteiger partial charge < -0.3 is 10.4 Å². The zero-order valence-electron chi connectivity index (χ0n) is 16.3. The predicted molar refractivity (Wildman–Crippen MR) is 106 cm³/mol. The predicted octanol–water partition coefficient (Wildman–Crippen LogP) is 2.53. The lowest BCUT2D eigenvalue weighted by molar-refractivity contribution is -0.144. The molecule has 1 saturated carbocycles. The van der Waals surface area contributed by atoms with Crippen molar-refractivity contribution in [2.75, 3.05) is 13.1 Å². The van der Waals surface area contributed by atoms with Crippen molar-refractivity contribution in [3.63, 3.8) is 0 Å². The van der Waals surface area contributed by atoms with E-state index in [1.54, 1.807) is 18.2 Å². The van der Waals surface area contributed by atoms with Crippen LogP contribution in [0.5, 0.6) is 0 Å². The Bertz CT molecular complexity index is 758. The molecule has 0 bridgehead atoms. The summed E-state index contributed by atoms with van der Waals surface area (Å²) < 4.78 is 26.9. The van der Waals surface area contributed by atoms with Gasteiger partial charge in [-0.1, -0.05) is 44.4 Å². The van der Waals surface area contributed by atoms with E-state index in [0.29, 0.717) is 25.7 Å². The van der Waals surface area contributed by atoms with E-state index in [0.717, 1.165) is 19.3 Å². The maximum absolute atomic E-state index is 12.8. The molecule has 1 atom stereocenters. The average molecular weight is 411 g/mol. The summed E-state index contributed by atoms with van der Waals surface area (Å²) in [6.07, 6.45) is 4.85. The number of benzene rings is 1. The Morgan fingerprint density at radius 1 is 1.14 bits per heavy atom. The summed E-state index contributed by atoms with van der Waals surface area (Å²) in [5.74, 6) is -1.53. The first-order valence-electron chi connectivity index (χ1n) is 9.86. The van der Waals surface area contributed by atoms with Crippen molar-refractivity contribution in [3.05, 3.63) is 30.3 Å². The summed E-state index contributed by atoms with van der Waals surface area (Å²) in [7, 11) is -3.61. The highest BCUT2D eigenvalue weighted by Gasteiger charge is 2.43. The Hall–Kier alpha value is -1.93. The minimum absolute atomic E-state index is 0.0797. The Balaban J connectivity index is 1.91. The van der Waals surface area contributed by atoms with Gasteiger partial charge in [0.15, 0.2) is 0 Å². The van der Waals surface area contributed by atoms with E-state index < -0.39 is 27.3 Å². The van der Waals surface area contributed by atoms with Gasteiger partial charge in [-0.25, -0.2) is 13.1 Å². The summed E-state index contributed by atoms with van der Waals surface area (Å²) in [6, 6.07) is 8.05. The zero-order chi connectivity index (χ0) is 20.6. The zero-order valence-corrected chi connectivity index (χ0v) is 17.1. The second-order valence-corrected chi connectivity index (χ2v) is 9.25. The Kier molecular flexibility index (Phi) is 8.00. The van der Waals surface area contributed by atoms with E-state index in [2.05, 4.69) is 10.0 Å². The number of carboxylic acid groups (broad SMARTS) is 1. The van der Waals surface area contributed by atoms with Gasteiger partial charge in [-0.05, 0) is 37.8 Å². The van der Waals surface area contributed by atoms with Crippen molar-refractivity contribution in [2.45, 2.75) is 56.8 Å². The molecule has 1 fully saturated rings. The van der Waals surface area contributed by atoms with Crippen molar-refractivity contribution in [3.8, 4) is 0 Å². The number of carboxylic acids is 1. The number of hydrogen-bond donors (Lipinski definition) is 3. The van der Waals surface area contributed by atoms with Gasteiger partial charge in [0.1, 0.15) is 0 Å². The second kappa shape index (κ2) is 10.0. The van der Waals surface area contributed by atoms with E-state index in [9.17, 15) is 23.1 Å². The normalized spacial score (nSPS) is 17.2. The lowest BCUT2D eigenvalue weighted by Gasteiger charge is -2.30. The summed E-state index contributed by atoms with van der Waals surface area (Å²) in [4.78, 5) is 24.6. The van der Waals surface area contributed by atoms with E-state index in [1.165, 1.54) is 12.1 Å². The van der Waals surface area contributed by atoms with Crippen LogP contribution < -0.4 is 10.0 Å². The molecule has 0 aliphatic heterocycles. The lowest BCUT2D eigenvalue weighted by Crippen LogP contribution is -2.44. The fraction of sp³-hybridized carbons (Fsp3) is 0.600. The topological polar surface area (TPSA) is 113 Å². The molecule has 1 aromatic carbocycles. The van der Waals surface area contributed by atoms with Gasteiger partial charge in [0.25, 0.3) is 0 Å². The van der Waals surface area contributed by atoms with Crippen LogP contribution in [-0.4, -0.2) is 38.5 Å². The van der Waals surface area contributed by atoms with Crippen molar-refractivity contribution < 1.29 is 23.1 Å². The summed E-state index contributed by atoms with van der Waals surface area (Å²) in [5.41, 5.74) is -0.656. The monoisotopic (exact) mass is 410 g/mol. The number of carbonyl (C=O) groups is 2. The number of nitrogens with one attached hydrogen (secondary N) is 2. The smallest absolute Gasteiger partial charge is 0.306 e. The van der Waals surface area contributed by atoms with Gasteiger partial charge >= 0.3 is 5.97 Å². The maximum Gasteiger partial charge on any atom is 0.306 e. The largest absolute Gasteiger partial charge is 0.481 e. The fourth-order valence-electron chi connectivity index (χ4n) is 3.94. The summed E-state index contributed by atoms with van der Waals surface area (Å²) in [5, 5.41) is 12.3. The SMILES string of the molecule is CCCC(CC1(C(=O)NCCNS(=O)(=O)c2ccccc2)CCCC1)C(=O)O. The number of hydrogen-bond acceptors (Lipinski definition) is 4. The maximum atomic E-state index is 12.8. The van der Waals surface area contributed by atoms with Crippen LogP contribution in [0.1, 0.15) is 51.9 Å². The number of carbonyl (C=O) groups excluding carboxylic acids is 1. The number of rotatable bonds is 11. The van der Waals surface area contributed by atoms with Crippen LogP contribution in [0.25, 0.3) is 0 Å². The second-order valence-electron chi connectivity index (χ2n) is 7.48. The molecular formula is C20H30N2O5S. The molecule has 28 heavy (non-hydrogen) atoms. The molecule has 0 saturated heterocycles. The third-order valence-electron chi connectivity index (χ3n) is 5.42. The minimum Gasteiger partial charge on any atom is -0.481 e. The summed E-state index contributed by atoms with van der Waals surface area (Å²) >= 11 is 0. The van der Waals surface area contributed by atoms with Crippen molar-refractivity contribution >= 4 is 21.9 Å². The van der Waals surface area contributed by atoms with Crippen molar-refractivity contribution in [1.29, 1.82) is 0 Å². The lowest BCUT2D eigenvalue weighted by atomic mass is 9.75.